The highest BCUT2D eigenvalue weighted by Crippen LogP contribution is 2.48. The van der Waals surface area contributed by atoms with Crippen molar-refractivity contribution in [1.82, 2.24) is 0 Å². The molecule has 0 fully saturated rings. The number of benzene rings is 1. The van der Waals surface area contributed by atoms with Gasteiger partial charge in [-0.05, 0) is 37.7 Å². The first-order valence-electron chi connectivity index (χ1n) is 9.49. The van der Waals surface area contributed by atoms with E-state index in [0.717, 1.165) is 44.2 Å². The zero-order valence-corrected chi connectivity index (χ0v) is 16.1. The van der Waals surface area contributed by atoms with Crippen molar-refractivity contribution in [3.05, 3.63) is 42.0 Å². The minimum absolute atomic E-state index is 0.982. The summed E-state index contributed by atoms with van der Waals surface area (Å²) in [6.07, 6.45) is 16.7. The van der Waals surface area contributed by atoms with Crippen molar-refractivity contribution in [1.29, 1.82) is 0 Å². The standard InChI is InChI=1S/C21H35OP/c1-3-5-18-23(22,19-6-4-2)20-14-9-7-8-11-15-21-16-12-10-13-17-21/h10-13,15-17H,3-9,14,18-20H2,1-2H3. The van der Waals surface area contributed by atoms with Gasteiger partial charge in [0.1, 0.15) is 0 Å². The molecule has 1 aromatic carbocycles. The fourth-order valence-corrected chi connectivity index (χ4v) is 6.11. The number of hydrogen-bond donors (Lipinski definition) is 0. The predicted molar refractivity (Wildman–Crippen MR) is 106 cm³/mol. The Kier molecular flexibility index (Phi) is 11.1. The molecule has 0 saturated carbocycles. The van der Waals surface area contributed by atoms with E-state index in [2.05, 4.69) is 50.3 Å². The smallest absolute Gasteiger partial charge is 0.0877 e. The van der Waals surface area contributed by atoms with Gasteiger partial charge in [-0.15, -0.1) is 0 Å². The topological polar surface area (TPSA) is 17.1 Å². The van der Waals surface area contributed by atoms with Gasteiger partial charge in [0.15, 0.2) is 0 Å². The monoisotopic (exact) mass is 334 g/mol. The van der Waals surface area contributed by atoms with Gasteiger partial charge in [-0.25, -0.2) is 0 Å². The molecule has 0 atom stereocenters. The fourth-order valence-electron chi connectivity index (χ4n) is 2.85. The number of unbranched alkanes of at least 4 members (excludes halogenated alkanes) is 5. The van der Waals surface area contributed by atoms with Crippen LogP contribution in [0, 0.1) is 0 Å². The van der Waals surface area contributed by atoms with Crippen LogP contribution in [0.15, 0.2) is 36.4 Å². The lowest BCUT2D eigenvalue weighted by atomic mass is 10.1. The summed E-state index contributed by atoms with van der Waals surface area (Å²) in [7, 11) is -1.87. The van der Waals surface area contributed by atoms with Crippen molar-refractivity contribution in [3.63, 3.8) is 0 Å². The minimum Gasteiger partial charge on any atom is -0.324 e. The third-order valence-electron chi connectivity index (χ3n) is 4.38. The molecule has 0 aliphatic carbocycles. The highest BCUT2D eigenvalue weighted by Gasteiger charge is 2.19. The van der Waals surface area contributed by atoms with Crippen molar-refractivity contribution in [2.24, 2.45) is 0 Å². The molecular formula is C21H35OP. The van der Waals surface area contributed by atoms with Gasteiger partial charge in [-0.3, -0.25) is 0 Å². The van der Waals surface area contributed by atoms with E-state index in [1.807, 2.05) is 6.07 Å². The van der Waals surface area contributed by atoms with Crippen LogP contribution in [-0.4, -0.2) is 18.5 Å². The molecule has 1 rings (SSSR count). The number of allylic oxidation sites excluding steroid dienone is 1. The molecule has 0 bridgehead atoms. The maximum Gasteiger partial charge on any atom is 0.0877 e. The van der Waals surface area contributed by atoms with Crippen LogP contribution in [0.4, 0.5) is 0 Å². The van der Waals surface area contributed by atoms with E-state index in [1.165, 1.54) is 31.2 Å². The average Bonchev–Trinajstić information content (AvgIpc) is 2.58. The number of rotatable bonds is 13. The van der Waals surface area contributed by atoms with Gasteiger partial charge < -0.3 is 4.57 Å². The first-order valence-corrected chi connectivity index (χ1v) is 11.7. The third kappa shape index (κ3) is 9.82. The summed E-state index contributed by atoms with van der Waals surface area (Å²) in [6.45, 7) is 4.40. The van der Waals surface area contributed by atoms with E-state index in [9.17, 15) is 4.57 Å². The summed E-state index contributed by atoms with van der Waals surface area (Å²) in [6, 6.07) is 10.5. The van der Waals surface area contributed by atoms with E-state index < -0.39 is 7.14 Å². The molecule has 1 nitrogen and oxygen atoms in total. The Morgan fingerprint density at radius 2 is 1.43 bits per heavy atom. The molecule has 0 spiro atoms. The fraction of sp³-hybridized carbons (Fsp3) is 0.619. The van der Waals surface area contributed by atoms with Crippen molar-refractivity contribution < 1.29 is 4.57 Å². The lowest BCUT2D eigenvalue weighted by Gasteiger charge is -2.17. The Bertz CT molecular complexity index is 452. The molecule has 0 aliphatic heterocycles. The molecule has 1 aromatic rings. The van der Waals surface area contributed by atoms with Crippen LogP contribution < -0.4 is 0 Å². The average molecular weight is 334 g/mol. The maximum absolute atomic E-state index is 13.0. The lowest BCUT2D eigenvalue weighted by molar-refractivity contribution is 0.565. The van der Waals surface area contributed by atoms with E-state index >= 15 is 0 Å². The zero-order valence-electron chi connectivity index (χ0n) is 15.2. The van der Waals surface area contributed by atoms with E-state index in [1.54, 1.807) is 0 Å². The third-order valence-corrected chi connectivity index (χ3v) is 7.78. The van der Waals surface area contributed by atoms with Crippen LogP contribution in [0.2, 0.25) is 0 Å². The van der Waals surface area contributed by atoms with E-state index in [4.69, 9.17) is 0 Å². The van der Waals surface area contributed by atoms with E-state index in [-0.39, 0.29) is 0 Å². The zero-order chi connectivity index (χ0) is 16.8. The van der Waals surface area contributed by atoms with Crippen LogP contribution in [0.25, 0.3) is 6.08 Å². The van der Waals surface area contributed by atoms with Crippen LogP contribution in [0.5, 0.6) is 0 Å². The van der Waals surface area contributed by atoms with Gasteiger partial charge in [-0.2, -0.15) is 0 Å². The molecule has 0 heterocycles. The van der Waals surface area contributed by atoms with E-state index in [0.29, 0.717) is 0 Å². The molecule has 0 aromatic heterocycles. The second-order valence-corrected chi connectivity index (χ2v) is 10.1. The highest BCUT2D eigenvalue weighted by molar-refractivity contribution is 7.63. The van der Waals surface area contributed by atoms with Crippen LogP contribution in [0.1, 0.15) is 70.8 Å². The van der Waals surface area contributed by atoms with Gasteiger partial charge in [0.05, 0.1) is 7.14 Å². The van der Waals surface area contributed by atoms with Crippen molar-refractivity contribution in [3.8, 4) is 0 Å². The Hall–Kier alpha value is -0.810. The van der Waals surface area contributed by atoms with Gasteiger partial charge in [0.2, 0.25) is 0 Å². The van der Waals surface area contributed by atoms with Crippen molar-refractivity contribution in [2.45, 2.75) is 65.2 Å². The molecule has 0 amide bonds. The van der Waals surface area contributed by atoms with Gasteiger partial charge in [0, 0.05) is 18.5 Å². The molecule has 23 heavy (non-hydrogen) atoms. The molecule has 0 unspecified atom stereocenters. The Balaban J connectivity index is 2.20. The van der Waals surface area contributed by atoms with Crippen LogP contribution in [-0.2, 0) is 4.57 Å². The summed E-state index contributed by atoms with van der Waals surface area (Å²) in [5.41, 5.74) is 1.27. The SMILES string of the molecule is CCCCP(=O)(CCCC)CCCCCC=Cc1ccccc1. The largest absolute Gasteiger partial charge is 0.324 e. The highest BCUT2D eigenvalue weighted by atomic mass is 31.2. The molecule has 130 valence electrons. The Morgan fingerprint density at radius 1 is 0.826 bits per heavy atom. The first-order chi connectivity index (χ1) is 11.2. The quantitative estimate of drug-likeness (QED) is 0.275. The van der Waals surface area contributed by atoms with Crippen LogP contribution >= 0.6 is 7.14 Å². The first kappa shape index (κ1) is 20.2. The summed E-state index contributed by atoms with van der Waals surface area (Å²) in [5, 5.41) is 0. The second-order valence-electron chi connectivity index (χ2n) is 6.60. The van der Waals surface area contributed by atoms with Crippen LogP contribution in [0.3, 0.4) is 0 Å². The minimum atomic E-state index is -1.87. The summed E-state index contributed by atoms with van der Waals surface area (Å²) >= 11 is 0. The van der Waals surface area contributed by atoms with Gasteiger partial charge in [0.25, 0.3) is 0 Å². The molecular weight excluding hydrogens is 299 g/mol. The Morgan fingerprint density at radius 3 is 2.04 bits per heavy atom. The molecule has 2 heteroatoms. The molecule has 0 radical (unpaired) electrons. The second kappa shape index (κ2) is 12.6. The predicted octanol–water partition coefficient (Wildman–Crippen LogP) is 7.22. The number of hydrogen-bond acceptors (Lipinski definition) is 1. The Labute approximate surface area is 144 Å². The molecule has 0 N–H and O–H groups in total. The summed E-state index contributed by atoms with van der Waals surface area (Å²) in [5.74, 6) is 0. The summed E-state index contributed by atoms with van der Waals surface area (Å²) in [4.78, 5) is 0. The maximum atomic E-state index is 13.0. The van der Waals surface area contributed by atoms with Gasteiger partial charge >= 0.3 is 0 Å². The van der Waals surface area contributed by atoms with Gasteiger partial charge in [-0.1, -0.05) is 75.6 Å². The molecule has 0 aliphatic rings. The molecule has 0 saturated heterocycles. The lowest BCUT2D eigenvalue weighted by Crippen LogP contribution is -2.01. The summed E-state index contributed by atoms with van der Waals surface area (Å²) < 4.78 is 13.0. The normalized spacial score (nSPS) is 12.1. The van der Waals surface area contributed by atoms with Crippen molar-refractivity contribution >= 4 is 13.2 Å². The van der Waals surface area contributed by atoms with Crippen molar-refractivity contribution in [2.75, 3.05) is 18.5 Å².